The van der Waals surface area contributed by atoms with Crippen molar-refractivity contribution in [1.29, 1.82) is 0 Å². The van der Waals surface area contributed by atoms with Gasteiger partial charge in [-0.15, -0.1) is 0 Å². The Hall–Kier alpha value is -0.0600. The summed E-state index contributed by atoms with van der Waals surface area (Å²) >= 11 is 5.36. The van der Waals surface area contributed by atoms with Crippen molar-refractivity contribution in [2.24, 2.45) is 5.92 Å². The zero-order valence-electron chi connectivity index (χ0n) is 10.6. The predicted molar refractivity (Wildman–Crippen MR) is 80.7 cm³/mol. The van der Waals surface area contributed by atoms with Gasteiger partial charge < -0.3 is 5.32 Å². The van der Waals surface area contributed by atoms with E-state index in [4.69, 9.17) is 0 Å². The van der Waals surface area contributed by atoms with Crippen LogP contribution in [0.3, 0.4) is 0 Å². The van der Waals surface area contributed by atoms with Crippen molar-refractivity contribution in [2.75, 3.05) is 18.1 Å². The normalized spacial score (nSPS) is 23.5. The van der Waals surface area contributed by atoms with Crippen LogP contribution < -0.4 is 5.32 Å². The van der Waals surface area contributed by atoms with Crippen molar-refractivity contribution in [1.82, 2.24) is 5.32 Å². The molecule has 1 N–H and O–H groups in total. The summed E-state index contributed by atoms with van der Waals surface area (Å²) in [5, 5.41) is 3.61. The number of rotatable bonds is 5. The summed E-state index contributed by atoms with van der Waals surface area (Å²) in [5.74, 6) is 2.80. The van der Waals surface area contributed by atoms with Crippen LogP contribution in [-0.4, -0.2) is 24.1 Å². The van der Waals surface area contributed by atoms with E-state index in [1.807, 2.05) is 17.8 Å². The Kier molecular flexibility index (Phi) is 5.52. The second-order valence-electron chi connectivity index (χ2n) is 4.78. The van der Waals surface area contributed by atoms with Gasteiger partial charge in [0.15, 0.2) is 0 Å². The minimum Gasteiger partial charge on any atom is -0.313 e. The van der Waals surface area contributed by atoms with Gasteiger partial charge in [0.2, 0.25) is 0 Å². The summed E-state index contributed by atoms with van der Waals surface area (Å²) in [7, 11) is 0. The van der Waals surface area contributed by atoms with Crippen molar-refractivity contribution >= 4 is 27.7 Å². The van der Waals surface area contributed by atoms with Gasteiger partial charge in [0.05, 0.1) is 4.47 Å². The Bertz CT molecular complexity index is 399. The first-order chi connectivity index (χ1) is 8.72. The molecule has 1 aliphatic heterocycles. The molecule has 2 rings (SSSR count). The molecule has 0 amide bonds. The molecule has 18 heavy (non-hydrogen) atoms. The highest BCUT2D eigenvalue weighted by atomic mass is 79.9. The van der Waals surface area contributed by atoms with E-state index < -0.39 is 0 Å². The molecular weight excluding hydrogens is 313 g/mol. The first-order valence-corrected chi connectivity index (χ1v) is 8.41. The van der Waals surface area contributed by atoms with Gasteiger partial charge >= 0.3 is 0 Å². The summed E-state index contributed by atoms with van der Waals surface area (Å²) in [6.45, 7) is 3.26. The molecular formula is C14H19BrFNS. The lowest BCUT2D eigenvalue weighted by atomic mass is 9.95. The Labute approximate surface area is 121 Å². The van der Waals surface area contributed by atoms with Crippen LogP contribution in [0.2, 0.25) is 0 Å². The number of halogens is 2. The van der Waals surface area contributed by atoms with Crippen LogP contribution in [0.4, 0.5) is 4.39 Å². The van der Waals surface area contributed by atoms with Crippen molar-refractivity contribution < 1.29 is 4.39 Å². The molecule has 0 radical (unpaired) electrons. The molecule has 1 saturated heterocycles. The minimum absolute atomic E-state index is 0.156. The topological polar surface area (TPSA) is 12.0 Å². The van der Waals surface area contributed by atoms with E-state index in [-0.39, 0.29) is 5.82 Å². The van der Waals surface area contributed by atoms with Crippen molar-refractivity contribution in [3.05, 3.63) is 34.1 Å². The lowest BCUT2D eigenvalue weighted by molar-refractivity contribution is 0.424. The summed E-state index contributed by atoms with van der Waals surface area (Å²) in [6, 6.07) is 5.90. The average Bonchev–Trinajstić information content (AvgIpc) is 2.80. The van der Waals surface area contributed by atoms with Gasteiger partial charge in [0, 0.05) is 11.8 Å². The third-order valence-electron chi connectivity index (χ3n) is 3.37. The summed E-state index contributed by atoms with van der Waals surface area (Å²) in [4.78, 5) is 0. The Morgan fingerprint density at radius 1 is 1.44 bits per heavy atom. The fourth-order valence-corrected chi connectivity index (χ4v) is 4.20. The van der Waals surface area contributed by atoms with Crippen molar-refractivity contribution in [3.63, 3.8) is 0 Å². The van der Waals surface area contributed by atoms with Gasteiger partial charge in [-0.05, 0) is 58.6 Å². The summed E-state index contributed by atoms with van der Waals surface area (Å²) < 4.78 is 14.1. The van der Waals surface area contributed by atoms with Gasteiger partial charge in [-0.2, -0.15) is 11.8 Å². The summed E-state index contributed by atoms with van der Waals surface area (Å²) in [6.07, 6.45) is 2.12. The third-order valence-corrected chi connectivity index (χ3v) is 5.52. The van der Waals surface area contributed by atoms with Crippen LogP contribution in [0.1, 0.15) is 18.9 Å². The standard InChI is InChI=1S/C14H19BrFNS/c1-2-6-17-13-9-18-8-11(13)7-10-4-3-5-12(16)14(10)15/h3-5,11,13,17H,2,6-9H2,1H3. The molecule has 0 saturated carbocycles. The average molecular weight is 332 g/mol. The van der Waals surface area contributed by atoms with Gasteiger partial charge in [0.1, 0.15) is 5.82 Å². The van der Waals surface area contributed by atoms with E-state index in [1.54, 1.807) is 6.07 Å². The number of nitrogens with one attached hydrogen (secondary N) is 1. The van der Waals surface area contributed by atoms with Gasteiger partial charge in [-0.3, -0.25) is 0 Å². The highest BCUT2D eigenvalue weighted by Crippen LogP contribution is 2.30. The first kappa shape index (κ1) is 14.4. The Balaban J connectivity index is 2.01. The van der Waals surface area contributed by atoms with Gasteiger partial charge in [-0.25, -0.2) is 4.39 Å². The molecule has 1 aliphatic rings. The van der Waals surface area contributed by atoms with Gasteiger partial charge in [-0.1, -0.05) is 19.1 Å². The van der Waals surface area contributed by atoms with E-state index >= 15 is 0 Å². The van der Waals surface area contributed by atoms with Crippen LogP contribution in [0.25, 0.3) is 0 Å². The molecule has 0 aliphatic carbocycles. The maximum atomic E-state index is 13.5. The molecule has 2 atom stereocenters. The summed E-state index contributed by atoms with van der Waals surface area (Å²) in [5.41, 5.74) is 1.09. The first-order valence-electron chi connectivity index (χ1n) is 6.46. The Morgan fingerprint density at radius 2 is 2.28 bits per heavy atom. The second-order valence-corrected chi connectivity index (χ2v) is 6.64. The van der Waals surface area contributed by atoms with Crippen molar-refractivity contribution in [3.8, 4) is 0 Å². The molecule has 0 bridgehead atoms. The molecule has 1 fully saturated rings. The van der Waals surface area contributed by atoms with Crippen LogP contribution in [-0.2, 0) is 6.42 Å². The number of benzene rings is 1. The number of hydrogen-bond acceptors (Lipinski definition) is 2. The fourth-order valence-electron chi connectivity index (χ4n) is 2.34. The molecule has 0 aromatic heterocycles. The number of thioether (sulfide) groups is 1. The molecule has 2 unspecified atom stereocenters. The van der Waals surface area contributed by atoms with Crippen LogP contribution in [0, 0.1) is 11.7 Å². The molecule has 100 valence electrons. The van der Waals surface area contributed by atoms with E-state index in [2.05, 4.69) is 28.2 Å². The maximum Gasteiger partial charge on any atom is 0.137 e. The molecule has 1 nitrogen and oxygen atoms in total. The zero-order valence-corrected chi connectivity index (χ0v) is 13.0. The highest BCUT2D eigenvalue weighted by molar-refractivity contribution is 9.10. The third kappa shape index (κ3) is 3.49. The molecule has 4 heteroatoms. The monoisotopic (exact) mass is 331 g/mol. The zero-order chi connectivity index (χ0) is 13.0. The lowest BCUT2D eigenvalue weighted by Crippen LogP contribution is -2.36. The smallest absolute Gasteiger partial charge is 0.137 e. The highest BCUT2D eigenvalue weighted by Gasteiger charge is 2.27. The lowest BCUT2D eigenvalue weighted by Gasteiger charge is -2.20. The van der Waals surface area contributed by atoms with Crippen LogP contribution >= 0.6 is 27.7 Å². The van der Waals surface area contributed by atoms with E-state index in [0.29, 0.717) is 16.4 Å². The minimum atomic E-state index is -0.156. The predicted octanol–water partition coefficient (Wildman–Crippen LogP) is 3.86. The molecule has 1 aromatic rings. The second kappa shape index (κ2) is 6.92. The molecule has 1 heterocycles. The van der Waals surface area contributed by atoms with Gasteiger partial charge in [0.25, 0.3) is 0 Å². The fraction of sp³-hybridized carbons (Fsp3) is 0.571. The molecule has 1 aromatic carbocycles. The van der Waals surface area contributed by atoms with Crippen LogP contribution in [0.15, 0.2) is 22.7 Å². The number of hydrogen-bond donors (Lipinski definition) is 1. The maximum absolute atomic E-state index is 13.5. The van der Waals surface area contributed by atoms with Crippen LogP contribution in [0.5, 0.6) is 0 Å². The van der Waals surface area contributed by atoms with E-state index in [1.165, 1.54) is 17.6 Å². The molecule has 0 spiro atoms. The van der Waals surface area contributed by atoms with E-state index in [0.717, 1.165) is 24.9 Å². The SMILES string of the molecule is CCCNC1CSCC1Cc1cccc(F)c1Br. The largest absolute Gasteiger partial charge is 0.313 e. The van der Waals surface area contributed by atoms with Crippen molar-refractivity contribution in [2.45, 2.75) is 25.8 Å². The quantitative estimate of drug-likeness (QED) is 0.879. The Morgan fingerprint density at radius 3 is 3.06 bits per heavy atom. The van der Waals surface area contributed by atoms with E-state index in [9.17, 15) is 4.39 Å².